The molecular formula is C14H10BrN3O2. The fraction of sp³-hybridized carbons (Fsp3) is 0. The van der Waals surface area contributed by atoms with Crippen molar-refractivity contribution in [2.75, 3.05) is 5.32 Å². The largest absolute Gasteiger partial charge is 0.465 e. The lowest BCUT2D eigenvalue weighted by Gasteiger charge is -2.00. The summed E-state index contributed by atoms with van der Waals surface area (Å²) in [4.78, 5) is 15.1. The third-order valence-electron chi connectivity index (χ3n) is 2.84. The molecule has 0 aliphatic carbocycles. The van der Waals surface area contributed by atoms with Crippen molar-refractivity contribution in [3.05, 3.63) is 53.3 Å². The summed E-state index contributed by atoms with van der Waals surface area (Å²) < 4.78 is 2.81. The number of halogens is 1. The fourth-order valence-corrected chi connectivity index (χ4v) is 2.21. The molecule has 0 fully saturated rings. The summed E-state index contributed by atoms with van der Waals surface area (Å²) in [5, 5.41) is 11.0. The number of carbonyl (C=O) groups is 1. The Labute approximate surface area is 123 Å². The highest BCUT2D eigenvalue weighted by Crippen LogP contribution is 2.22. The maximum atomic E-state index is 10.6. The first kappa shape index (κ1) is 12.7. The van der Waals surface area contributed by atoms with Crippen LogP contribution in [0.15, 0.2) is 53.3 Å². The highest BCUT2D eigenvalue weighted by Gasteiger charge is 2.06. The minimum Gasteiger partial charge on any atom is -0.465 e. The molecule has 0 saturated heterocycles. The van der Waals surface area contributed by atoms with E-state index in [-0.39, 0.29) is 0 Å². The van der Waals surface area contributed by atoms with Crippen LogP contribution in [0.25, 0.3) is 16.9 Å². The Hall–Kier alpha value is -2.34. The summed E-state index contributed by atoms with van der Waals surface area (Å²) in [7, 11) is 0. The summed E-state index contributed by atoms with van der Waals surface area (Å²) in [6.07, 6.45) is 2.47. The summed E-state index contributed by atoms with van der Waals surface area (Å²) >= 11 is 3.40. The molecule has 1 amide bonds. The molecule has 20 heavy (non-hydrogen) atoms. The number of carboxylic acid groups (broad SMARTS) is 1. The average molecular weight is 332 g/mol. The van der Waals surface area contributed by atoms with E-state index in [2.05, 4.69) is 26.2 Å². The number of fused-ring (bicyclic) bond motifs is 1. The van der Waals surface area contributed by atoms with Crippen molar-refractivity contribution in [2.24, 2.45) is 0 Å². The van der Waals surface area contributed by atoms with Gasteiger partial charge in [0.25, 0.3) is 0 Å². The van der Waals surface area contributed by atoms with Crippen LogP contribution in [-0.2, 0) is 0 Å². The SMILES string of the molecule is O=C(O)Nc1ccc2nc(-c3ccc(Br)cc3)cn2c1. The lowest BCUT2D eigenvalue weighted by atomic mass is 10.2. The monoisotopic (exact) mass is 331 g/mol. The number of imidazole rings is 1. The molecule has 0 radical (unpaired) electrons. The van der Waals surface area contributed by atoms with Crippen LogP contribution in [0.4, 0.5) is 10.5 Å². The molecule has 2 aromatic heterocycles. The molecule has 0 atom stereocenters. The number of pyridine rings is 1. The van der Waals surface area contributed by atoms with Crippen LogP contribution in [0.5, 0.6) is 0 Å². The van der Waals surface area contributed by atoms with Crippen molar-refractivity contribution in [1.29, 1.82) is 0 Å². The zero-order valence-electron chi connectivity index (χ0n) is 10.2. The summed E-state index contributed by atoms with van der Waals surface area (Å²) in [5.41, 5.74) is 3.11. The topological polar surface area (TPSA) is 66.6 Å². The Kier molecular flexibility index (Phi) is 3.15. The zero-order valence-corrected chi connectivity index (χ0v) is 11.8. The molecule has 5 nitrogen and oxygen atoms in total. The van der Waals surface area contributed by atoms with Gasteiger partial charge in [0.05, 0.1) is 11.4 Å². The van der Waals surface area contributed by atoms with Gasteiger partial charge in [-0.15, -0.1) is 0 Å². The molecule has 0 saturated carbocycles. The number of rotatable bonds is 2. The first-order valence-electron chi connectivity index (χ1n) is 5.86. The van der Waals surface area contributed by atoms with Gasteiger partial charge < -0.3 is 9.51 Å². The van der Waals surface area contributed by atoms with E-state index in [0.717, 1.165) is 21.4 Å². The van der Waals surface area contributed by atoms with E-state index in [9.17, 15) is 4.79 Å². The van der Waals surface area contributed by atoms with Crippen molar-refractivity contribution >= 4 is 33.4 Å². The molecule has 0 aliphatic heterocycles. The van der Waals surface area contributed by atoms with Gasteiger partial charge in [-0.1, -0.05) is 28.1 Å². The second-order valence-corrected chi connectivity index (χ2v) is 5.16. The molecule has 1 aromatic carbocycles. The number of nitrogens with one attached hydrogen (secondary N) is 1. The van der Waals surface area contributed by atoms with Crippen LogP contribution in [0.1, 0.15) is 0 Å². The Morgan fingerprint density at radius 1 is 1.15 bits per heavy atom. The highest BCUT2D eigenvalue weighted by atomic mass is 79.9. The first-order valence-corrected chi connectivity index (χ1v) is 6.66. The van der Waals surface area contributed by atoms with E-state index in [4.69, 9.17) is 5.11 Å². The number of hydrogen-bond donors (Lipinski definition) is 2. The van der Waals surface area contributed by atoms with E-state index in [1.807, 2.05) is 30.5 Å². The minimum atomic E-state index is -1.09. The maximum absolute atomic E-state index is 10.6. The average Bonchev–Trinajstić information content (AvgIpc) is 2.81. The molecule has 6 heteroatoms. The predicted molar refractivity (Wildman–Crippen MR) is 80.0 cm³/mol. The fourth-order valence-electron chi connectivity index (χ4n) is 1.95. The van der Waals surface area contributed by atoms with Crippen LogP contribution < -0.4 is 5.32 Å². The standard InChI is InChI=1S/C14H10BrN3O2/c15-10-3-1-9(2-4-10)12-8-18-7-11(16-14(19)20)5-6-13(18)17-12/h1-8,16H,(H,19,20). The summed E-state index contributed by atoms with van der Waals surface area (Å²) in [6.45, 7) is 0. The van der Waals surface area contributed by atoms with Crippen molar-refractivity contribution in [2.45, 2.75) is 0 Å². The van der Waals surface area contributed by atoms with Gasteiger partial charge in [0, 0.05) is 22.4 Å². The molecule has 2 N–H and O–H groups in total. The van der Waals surface area contributed by atoms with Crippen LogP contribution in [0.3, 0.4) is 0 Å². The molecular weight excluding hydrogens is 322 g/mol. The number of benzene rings is 1. The lowest BCUT2D eigenvalue weighted by molar-refractivity contribution is 0.209. The van der Waals surface area contributed by atoms with E-state index in [1.54, 1.807) is 22.7 Å². The van der Waals surface area contributed by atoms with Crippen molar-refractivity contribution in [1.82, 2.24) is 9.38 Å². The smallest absolute Gasteiger partial charge is 0.409 e. The number of hydrogen-bond acceptors (Lipinski definition) is 2. The van der Waals surface area contributed by atoms with Gasteiger partial charge in [0.1, 0.15) is 5.65 Å². The van der Waals surface area contributed by atoms with Gasteiger partial charge in [-0.25, -0.2) is 9.78 Å². The Balaban J connectivity index is 2.01. The van der Waals surface area contributed by atoms with Crippen molar-refractivity contribution in [3.8, 4) is 11.3 Å². The molecule has 0 spiro atoms. The number of amides is 1. The van der Waals surface area contributed by atoms with Crippen LogP contribution in [0.2, 0.25) is 0 Å². The van der Waals surface area contributed by atoms with Gasteiger partial charge in [-0.2, -0.15) is 0 Å². The quantitative estimate of drug-likeness (QED) is 0.749. The van der Waals surface area contributed by atoms with Crippen LogP contribution in [-0.4, -0.2) is 20.6 Å². The van der Waals surface area contributed by atoms with Crippen molar-refractivity contribution < 1.29 is 9.90 Å². The second kappa shape index (κ2) is 4.97. The summed E-state index contributed by atoms with van der Waals surface area (Å²) in [6, 6.07) is 11.3. The van der Waals surface area contributed by atoms with Gasteiger partial charge in [-0.3, -0.25) is 5.32 Å². The van der Waals surface area contributed by atoms with Crippen molar-refractivity contribution in [3.63, 3.8) is 0 Å². The molecule has 100 valence electrons. The van der Waals surface area contributed by atoms with E-state index in [0.29, 0.717) is 5.69 Å². The highest BCUT2D eigenvalue weighted by molar-refractivity contribution is 9.10. The third kappa shape index (κ3) is 2.50. The Morgan fingerprint density at radius 3 is 2.60 bits per heavy atom. The van der Waals surface area contributed by atoms with E-state index < -0.39 is 6.09 Å². The molecule has 0 bridgehead atoms. The number of nitrogens with zero attached hydrogens (tertiary/aromatic N) is 2. The van der Waals surface area contributed by atoms with Gasteiger partial charge in [-0.05, 0) is 24.3 Å². The Morgan fingerprint density at radius 2 is 1.90 bits per heavy atom. The predicted octanol–water partition coefficient (Wildman–Crippen LogP) is 3.85. The number of aromatic nitrogens is 2. The molecule has 2 heterocycles. The van der Waals surface area contributed by atoms with Crippen LogP contribution in [0, 0.1) is 0 Å². The molecule has 3 rings (SSSR count). The third-order valence-corrected chi connectivity index (χ3v) is 3.37. The maximum Gasteiger partial charge on any atom is 0.409 e. The normalized spacial score (nSPS) is 10.7. The minimum absolute atomic E-state index is 0.504. The zero-order chi connectivity index (χ0) is 14.1. The summed E-state index contributed by atoms with van der Waals surface area (Å²) in [5.74, 6) is 0. The van der Waals surface area contributed by atoms with Gasteiger partial charge >= 0.3 is 6.09 Å². The second-order valence-electron chi connectivity index (χ2n) is 4.25. The Bertz CT molecular complexity index is 781. The molecule has 3 aromatic rings. The van der Waals surface area contributed by atoms with E-state index in [1.165, 1.54) is 0 Å². The molecule has 0 unspecified atom stereocenters. The van der Waals surface area contributed by atoms with Gasteiger partial charge in [0.2, 0.25) is 0 Å². The van der Waals surface area contributed by atoms with Crippen LogP contribution >= 0.6 is 15.9 Å². The first-order chi connectivity index (χ1) is 9.61. The lowest BCUT2D eigenvalue weighted by Crippen LogP contribution is -2.07. The number of anilines is 1. The van der Waals surface area contributed by atoms with E-state index >= 15 is 0 Å². The molecule has 0 aliphatic rings. The van der Waals surface area contributed by atoms with Gasteiger partial charge in [0.15, 0.2) is 0 Å².